The van der Waals surface area contributed by atoms with E-state index >= 15 is 0 Å². The molecule has 196 valence electrons. The first-order valence-corrected chi connectivity index (χ1v) is 12.6. The lowest BCUT2D eigenvalue weighted by molar-refractivity contribution is -0.117. The van der Waals surface area contributed by atoms with Crippen LogP contribution in [0.5, 0.6) is 11.6 Å². The van der Waals surface area contributed by atoms with Gasteiger partial charge in [0, 0.05) is 42.1 Å². The average molecular weight is 515 g/mol. The fourth-order valence-electron chi connectivity index (χ4n) is 4.57. The molecule has 10 heteroatoms. The van der Waals surface area contributed by atoms with E-state index in [4.69, 9.17) is 9.15 Å². The number of amides is 2. The Morgan fingerprint density at radius 3 is 2.68 bits per heavy atom. The van der Waals surface area contributed by atoms with Crippen LogP contribution in [0.3, 0.4) is 0 Å². The Balaban J connectivity index is 1.24. The van der Waals surface area contributed by atoms with Gasteiger partial charge >= 0.3 is 0 Å². The Kier molecular flexibility index (Phi) is 7.50. The number of carbonyl (C=O) groups is 2. The summed E-state index contributed by atoms with van der Waals surface area (Å²) in [5.74, 6) is 1.50. The SMILES string of the molecule is CNC(=O)c1c(C)oc2cc(Oc3ccnc(Nc4cccc(NC(=O)CN5CCCCC5)c4)n3)ccc12. The summed E-state index contributed by atoms with van der Waals surface area (Å²) in [6.07, 6.45) is 5.11. The molecule has 0 radical (unpaired) electrons. The minimum atomic E-state index is -0.202. The molecule has 1 aliphatic rings. The number of likely N-dealkylation sites (tertiary alicyclic amines) is 1. The van der Waals surface area contributed by atoms with Crippen LogP contribution >= 0.6 is 0 Å². The van der Waals surface area contributed by atoms with E-state index in [9.17, 15) is 9.59 Å². The summed E-state index contributed by atoms with van der Waals surface area (Å²) in [5.41, 5.74) is 2.48. The highest BCUT2D eigenvalue weighted by Crippen LogP contribution is 2.31. The van der Waals surface area contributed by atoms with Crippen molar-refractivity contribution in [3.05, 3.63) is 66.1 Å². The monoisotopic (exact) mass is 514 g/mol. The minimum Gasteiger partial charge on any atom is -0.460 e. The number of ether oxygens (including phenoxy) is 1. The second-order valence-electron chi connectivity index (χ2n) is 9.18. The molecule has 0 spiro atoms. The molecular formula is C28H30N6O4. The summed E-state index contributed by atoms with van der Waals surface area (Å²) < 4.78 is 11.7. The van der Waals surface area contributed by atoms with Crippen LogP contribution in [0, 0.1) is 6.92 Å². The van der Waals surface area contributed by atoms with Gasteiger partial charge in [0.15, 0.2) is 0 Å². The second-order valence-corrected chi connectivity index (χ2v) is 9.18. The lowest BCUT2D eigenvalue weighted by Crippen LogP contribution is -2.36. The smallest absolute Gasteiger partial charge is 0.255 e. The Hall–Kier alpha value is -4.44. The van der Waals surface area contributed by atoms with Crippen molar-refractivity contribution in [3.63, 3.8) is 0 Å². The standard InChI is InChI=1S/C28H30N6O4/c1-18-26(27(36)29-2)22-10-9-21(16-23(22)37-18)38-25-11-12-30-28(33-25)32-20-8-6-7-19(15-20)31-24(35)17-34-13-4-3-5-14-34/h6-12,15-16H,3-5,13-14,17H2,1-2H3,(H,29,36)(H,31,35)(H,30,32,33). The van der Waals surface area contributed by atoms with Crippen molar-refractivity contribution >= 4 is 40.1 Å². The molecule has 0 bridgehead atoms. The van der Waals surface area contributed by atoms with Crippen molar-refractivity contribution in [2.45, 2.75) is 26.2 Å². The molecule has 0 unspecified atom stereocenters. The molecule has 3 heterocycles. The van der Waals surface area contributed by atoms with E-state index in [2.05, 4.69) is 30.8 Å². The number of hydrogen-bond donors (Lipinski definition) is 3. The van der Waals surface area contributed by atoms with Gasteiger partial charge in [-0.25, -0.2) is 4.98 Å². The Morgan fingerprint density at radius 2 is 1.87 bits per heavy atom. The van der Waals surface area contributed by atoms with Gasteiger partial charge < -0.3 is 25.1 Å². The summed E-state index contributed by atoms with van der Waals surface area (Å²) >= 11 is 0. The molecule has 5 rings (SSSR count). The number of fused-ring (bicyclic) bond motifs is 1. The van der Waals surface area contributed by atoms with E-state index in [0.717, 1.165) is 31.6 Å². The Labute approximate surface area is 220 Å². The zero-order chi connectivity index (χ0) is 26.5. The molecule has 2 aromatic heterocycles. The number of aryl methyl sites for hydroxylation is 1. The van der Waals surface area contributed by atoms with Crippen LogP contribution in [0.4, 0.5) is 17.3 Å². The highest BCUT2D eigenvalue weighted by molar-refractivity contribution is 6.07. The topological polar surface area (TPSA) is 122 Å². The maximum absolute atomic E-state index is 12.5. The van der Waals surface area contributed by atoms with Gasteiger partial charge in [0.1, 0.15) is 17.1 Å². The van der Waals surface area contributed by atoms with Crippen molar-refractivity contribution in [3.8, 4) is 11.6 Å². The summed E-state index contributed by atoms with van der Waals surface area (Å²) in [4.78, 5) is 35.6. The van der Waals surface area contributed by atoms with E-state index in [1.54, 1.807) is 44.4 Å². The molecule has 1 saturated heterocycles. The summed E-state index contributed by atoms with van der Waals surface area (Å²) in [6, 6.07) is 14.3. The van der Waals surface area contributed by atoms with Gasteiger partial charge in [0.2, 0.25) is 17.7 Å². The molecule has 2 aromatic carbocycles. The highest BCUT2D eigenvalue weighted by Gasteiger charge is 2.18. The predicted molar refractivity (Wildman–Crippen MR) is 145 cm³/mol. The van der Waals surface area contributed by atoms with Crippen molar-refractivity contribution in [2.75, 3.05) is 37.3 Å². The fourth-order valence-corrected chi connectivity index (χ4v) is 4.57. The molecule has 3 N–H and O–H groups in total. The maximum atomic E-state index is 12.5. The molecule has 1 fully saturated rings. The molecule has 0 saturated carbocycles. The van der Waals surface area contributed by atoms with Crippen molar-refractivity contribution in [2.24, 2.45) is 0 Å². The second kappa shape index (κ2) is 11.3. The lowest BCUT2D eigenvalue weighted by atomic mass is 10.1. The summed E-state index contributed by atoms with van der Waals surface area (Å²) in [6.45, 7) is 4.09. The quantitative estimate of drug-likeness (QED) is 0.305. The number of nitrogens with zero attached hydrogens (tertiary/aromatic N) is 3. The third kappa shape index (κ3) is 5.92. The predicted octanol–water partition coefficient (Wildman–Crippen LogP) is 4.85. The number of hydrogen-bond acceptors (Lipinski definition) is 8. The fraction of sp³-hybridized carbons (Fsp3) is 0.286. The van der Waals surface area contributed by atoms with Crippen LogP contribution in [0.15, 0.2) is 59.1 Å². The highest BCUT2D eigenvalue weighted by atomic mass is 16.5. The number of aromatic nitrogens is 2. The van der Waals surface area contributed by atoms with E-state index in [-0.39, 0.29) is 11.8 Å². The molecular weight excluding hydrogens is 484 g/mol. The summed E-state index contributed by atoms with van der Waals surface area (Å²) in [5, 5.41) is 9.47. The normalized spacial score (nSPS) is 13.7. The molecule has 0 atom stereocenters. The first-order valence-electron chi connectivity index (χ1n) is 12.6. The third-order valence-corrected chi connectivity index (χ3v) is 6.36. The number of benzene rings is 2. The van der Waals surface area contributed by atoms with E-state index < -0.39 is 0 Å². The van der Waals surface area contributed by atoms with E-state index in [1.807, 2.05) is 24.3 Å². The molecule has 38 heavy (non-hydrogen) atoms. The van der Waals surface area contributed by atoms with Crippen molar-refractivity contribution in [1.82, 2.24) is 20.2 Å². The van der Waals surface area contributed by atoms with Crippen molar-refractivity contribution in [1.29, 1.82) is 0 Å². The molecule has 4 aromatic rings. The van der Waals surface area contributed by atoms with Crippen LogP contribution in [0.2, 0.25) is 0 Å². The zero-order valence-electron chi connectivity index (χ0n) is 21.4. The van der Waals surface area contributed by atoms with Crippen LogP contribution < -0.4 is 20.7 Å². The Morgan fingerprint density at radius 1 is 1.05 bits per heavy atom. The van der Waals surface area contributed by atoms with Gasteiger partial charge in [-0.05, 0) is 63.2 Å². The van der Waals surface area contributed by atoms with Crippen LogP contribution in [-0.4, -0.2) is 53.4 Å². The zero-order valence-corrected chi connectivity index (χ0v) is 21.4. The Bertz CT molecular complexity index is 1460. The van der Waals surface area contributed by atoms with Gasteiger partial charge in [-0.3, -0.25) is 14.5 Å². The van der Waals surface area contributed by atoms with Gasteiger partial charge in [-0.1, -0.05) is 12.5 Å². The molecule has 1 aliphatic heterocycles. The molecule has 10 nitrogen and oxygen atoms in total. The average Bonchev–Trinajstić information content (AvgIpc) is 3.24. The minimum absolute atomic E-state index is 0.0261. The number of anilines is 3. The molecule has 2 amide bonds. The largest absolute Gasteiger partial charge is 0.460 e. The first-order chi connectivity index (χ1) is 18.5. The maximum Gasteiger partial charge on any atom is 0.255 e. The summed E-state index contributed by atoms with van der Waals surface area (Å²) in [7, 11) is 1.58. The van der Waals surface area contributed by atoms with Crippen LogP contribution in [-0.2, 0) is 4.79 Å². The van der Waals surface area contributed by atoms with Crippen LogP contribution in [0.1, 0.15) is 35.4 Å². The lowest BCUT2D eigenvalue weighted by Gasteiger charge is -2.25. The van der Waals surface area contributed by atoms with E-state index in [0.29, 0.717) is 52.1 Å². The van der Waals surface area contributed by atoms with Gasteiger partial charge in [0.25, 0.3) is 5.91 Å². The third-order valence-electron chi connectivity index (χ3n) is 6.36. The van der Waals surface area contributed by atoms with Crippen LogP contribution in [0.25, 0.3) is 11.0 Å². The molecule has 0 aliphatic carbocycles. The van der Waals surface area contributed by atoms with Gasteiger partial charge in [-0.2, -0.15) is 4.98 Å². The van der Waals surface area contributed by atoms with Gasteiger partial charge in [-0.15, -0.1) is 0 Å². The van der Waals surface area contributed by atoms with Gasteiger partial charge in [0.05, 0.1) is 12.1 Å². The number of furan rings is 1. The van der Waals surface area contributed by atoms with E-state index in [1.165, 1.54) is 6.42 Å². The number of rotatable bonds is 8. The first kappa shape index (κ1) is 25.2. The number of piperidine rings is 1. The number of carbonyl (C=O) groups excluding carboxylic acids is 2. The van der Waals surface area contributed by atoms with Crippen molar-refractivity contribution < 1.29 is 18.7 Å². The number of nitrogens with one attached hydrogen (secondary N) is 3.